The van der Waals surface area contributed by atoms with Crippen LogP contribution in [0, 0.1) is 0 Å². The monoisotopic (exact) mass is 249 g/mol. The molecule has 4 nitrogen and oxygen atoms in total. The number of amides is 1. The van der Waals surface area contributed by atoms with E-state index in [-0.39, 0.29) is 24.4 Å². The van der Waals surface area contributed by atoms with Gasteiger partial charge < -0.3 is 15.5 Å². The van der Waals surface area contributed by atoms with Gasteiger partial charge in [-0.05, 0) is 26.4 Å². The zero-order valence-corrected chi connectivity index (χ0v) is 11.1. The lowest BCUT2D eigenvalue weighted by Gasteiger charge is -2.23. The number of halogens is 1. The molecule has 0 aromatic heterocycles. The fraction of sp³-hybridized carbons (Fsp3) is 0.909. The molecule has 1 aliphatic heterocycles. The van der Waals surface area contributed by atoms with Crippen molar-refractivity contribution in [2.24, 2.45) is 5.73 Å². The predicted octanol–water partition coefficient (Wildman–Crippen LogP) is 0.700. The Hall–Kier alpha value is -0.320. The third kappa shape index (κ3) is 4.68. The van der Waals surface area contributed by atoms with Gasteiger partial charge in [0.05, 0.1) is 6.04 Å². The standard InChI is InChI=1S/C11H23N3O.ClH/c1-3-5-10(12)11(15)14-7-4-6-13(2)8-9-14;/h10H,3-9,12H2,1-2H3;1H. The van der Waals surface area contributed by atoms with Gasteiger partial charge in [-0.2, -0.15) is 0 Å². The van der Waals surface area contributed by atoms with Gasteiger partial charge in [-0.15, -0.1) is 12.4 Å². The van der Waals surface area contributed by atoms with Crippen molar-refractivity contribution in [3.05, 3.63) is 0 Å². The van der Waals surface area contributed by atoms with Crippen LogP contribution in [0.15, 0.2) is 0 Å². The molecule has 0 aliphatic carbocycles. The topological polar surface area (TPSA) is 49.6 Å². The zero-order chi connectivity index (χ0) is 11.3. The summed E-state index contributed by atoms with van der Waals surface area (Å²) in [5.41, 5.74) is 5.84. The number of nitrogens with two attached hydrogens (primary N) is 1. The first-order chi connectivity index (χ1) is 7.15. The maximum absolute atomic E-state index is 11.9. The van der Waals surface area contributed by atoms with E-state index in [1.54, 1.807) is 0 Å². The second-order valence-electron chi connectivity index (χ2n) is 4.38. The first-order valence-corrected chi connectivity index (χ1v) is 5.88. The van der Waals surface area contributed by atoms with Crippen molar-refractivity contribution in [2.75, 3.05) is 33.2 Å². The Labute approximate surface area is 105 Å². The Morgan fingerprint density at radius 3 is 2.62 bits per heavy atom. The second kappa shape index (κ2) is 7.87. The van der Waals surface area contributed by atoms with Crippen LogP contribution in [0.3, 0.4) is 0 Å². The molecule has 0 radical (unpaired) electrons. The molecule has 0 aromatic carbocycles. The highest BCUT2D eigenvalue weighted by atomic mass is 35.5. The minimum absolute atomic E-state index is 0. The van der Waals surface area contributed by atoms with Crippen LogP contribution >= 0.6 is 12.4 Å². The number of likely N-dealkylation sites (N-methyl/N-ethyl adjacent to an activating group) is 1. The van der Waals surface area contributed by atoms with Crippen molar-refractivity contribution in [3.63, 3.8) is 0 Å². The third-order valence-electron chi connectivity index (χ3n) is 2.95. The third-order valence-corrected chi connectivity index (χ3v) is 2.95. The highest BCUT2D eigenvalue weighted by Gasteiger charge is 2.21. The molecule has 1 amide bonds. The smallest absolute Gasteiger partial charge is 0.239 e. The average molecular weight is 250 g/mol. The van der Waals surface area contributed by atoms with Crippen molar-refractivity contribution in [3.8, 4) is 0 Å². The number of nitrogens with zero attached hydrogens (tertiary/aromatic N) is 2. The quantitative estimate of drug-likeness (QED) is 0.801. The summed E-state index contributed by atoms with van der Waals surface area (Å²) in [5.74, 6) is 0.132. The molecule has 1 atom stereocenters. The lowest BCUT2D eigenvalue weighted by Crippen LogP contribution is -2.45. The number of carbonyl (C=O) groups excluding carboxylic acids is 1. The van der Waals surface area contributed by atoms with Crippen molar-refractivity contribution < 1.29 is 4.79 Å². The summed E-state index contributed by atoms with van der Waals surface area (Å²) in [5, 5.41) is 0. The molecule has 0 spiro atoms. The molecule has 5 heteroatoms. The normalized spacial score (nSPS) is 19.8. The summed E-state index contributed by atoms with van der Waals surface area (Å²) < 4.78 is 0. The van der Waals surface area contributed by atoms with Gasteiger partial charge in [0.15, 0.2) is 0 Å². The molecule has 0 bridgehead atoms. The van der Waals surface area contributed by atoms with Crippen LogP contribution in [0.25, 0.3) is 0 Å². The largest absolute Gasteiger partial charge is 0.340 e. The van der Waals surface area contributed by atoms with Crippen molar-refractivity contribution in [1.29, 1.82) is 0 Å². The molecule has 96 valence electrons. The molecule has 16 heavy (non-hydrogen) atoms. The molecule has 1 heterocycles. The van der Waals surface area contributed by atoms with Crippen LogP contribution in [0.1, 0.15) is 26.2 Å². The maximum Gasteiger partial charge on any atom is 0.239 e. The van der Waals surface area contributed by atoms with Gasteiger partial charge in [0.1, 0.15) is 0 Å². The Morgan fingerprint density at radius 2 is 2.00 bits per heavy atom. The van der Waals surface area contributed by atoms with E-state index >= 15 is 0 Å². The minimum Gasteiger partial charge on any atom is -0.340 e. The zero-order valence-electron chi connectivity index (χ0n) is 10.3. The summed E-state index contributed by atoms with van der Waals surface area (Å²) in [7, 11) is 2.10. The minimum atomic E-state index is -0.293. The molecule has 2 N–H and O–H groups in total. The van der Waals surface area contributed by atoms with Crippen LogP contribution in [0.4, 0.5) is 0 Å². The molecule has 0 aromatic rings. The molecule has 1 saturated heterocycles. The van der Waals surface area contributed by atoms with E-state index in [0.29, 0.717) is 0 Å². The lowest BCUT2D eigenvalue weighted by atomic mass is 10.1. The van der Waals surface area contributed by atoms with Gasteiger partial charge in [-0.1, -0.05) is 13.3 Å². The summed E-state index contributed by atoms with van der Waals surface area (Å²) in [6, 6.07) is -0.293. The van der Waals surface area contributed by atoms with Gasteiger partial charge >= 0.3 is 0 Å². The summed E-state index contributed by atoms with van der Waals surface area (Å²) >= 11 is 0. The fourth-order valence-electron chi connectivity index (χ4n) is 1.94. The number of rotatable bonds is 3. The lowest BCUT2D eigenvalue weighted by molar-refractivity contribution is -0.132. The van der Waals surface area contributed by atoms with Gasteiger partial charge in [-0.3, -0.25) is 4.79 Å². The van der Waals surface area contributed by atoms with Crippen molar-refractivity contribution in [2.45, 2.75) is 32.2 Å². The highest BCUT2D eigenvalue weighted by molar-refractivity contribution is 5.85. The number of carbonyl (C=O) groups is 1. The fourth-order valence-corrected chi connectivity index (χ4v) is 1.94. The second-order valence-corrected chi connectivity index (χ2v) is 4.38. The maximum atomic E-state index is 11.9. The van der Waals surface area contributed by atoms with Crippen LogP contribution in [-0.2, 0) is 4.79 Å². The van der Waals surface area contributed by atoms with E-state index < -0.39 is 0 Å². The molecule has 1 aliphatic rings. The number of hydrogen-bond donors (Lipinski definition) is 1. The first kappa shape index (κ1) is 15.7. The first-order valence-electron chi connectivity index (χ1n) is 5.88. The van der Waals surface area contributed by atoms with E-state index in [0.717, 1.165) is 45.4 Å². The summed E-state index contributed by atoms with van der Waals surface area (Å²) in [6.07, 6.45) is 2.83. The Morgan fingerprint density at radius 1 is 1.31 bits per heavy atom. The molecule has 1 unspecified atom stereocenters. The van der Waals surface area contributed by atoms with E-state index in [1.807, 2.05) is 4.90 Å². The Balaban J connectivity index is 0.00000225. The van der Waals surface area contributed by atoms with Gasteiger partial charge in [0.25, 0.3) is 0 Å². The molecule has 1 fully saturated rings. The molecule has 1 rings (SSSR count). The molecular formula is C11H24ClN3O. The van der Waals surface area contributed by atoms with E-state index in [1.165, 1.54) is 0 Å². The highest BCUT2D eigenvalue weighted by Crippen LogP contribution is 2.05. The molecular weight excluding hydrogens is 226 g/mol. The van der Waals surface area contributed by atoms with Gasteiger partial charge in [0.2, 0.25) is 5.91 Å². The summed E-state index contributed by atoms with van der Waals surface area (Å²) in [6.45, 7) is 5.79. The van der Waals surface area contributed by atoms with Crippen LogP contribution < -0.4 is 5.73 Å². The summed E-state index contributed by atoms with van der Waals surface area (Å²) in [4.78, 5) is 16.1. The van der Waals surface area contributed by atoms with E-state index in [4.69, 9.17) is 5.73 Å². The van der Waals surface area contributed by atoms with Crippen LogP contribution in [-0.4, -0.2) is 55.0 Å². The van der Waals surface area contributed by atoms with E-state index in [2.05, 4.69) is 18.9 Å². The van der Waals surface area contributed by atoms with Crippen LogP contribution in [0.2, 0.25) is 0 Å². The number of hydrogen-bond acceptors (Lipinski definition) is 3. The Kier molecular flexibility index (Phi) is 7.72. The van der Waals surface area contributed by atoms with Crippen molar-refractivity contribution in [1.82, 2.24) is 9.80 Å². The predicted molar refractivity (Wildman–Crippen MR) is 68.8 cm³/mol. The van der Waals surface area contributed by atoms with Crippen LogP contribution in [0.5, 0.6) is 0 Å². The molecule has 0 saturated carbocycles. The van der Waals surface area contributed by atoms with Crippen molar-refractivity contribution >= 4 is 18.3 Å². The SMILES string of the molecule is CCCC(N)C(=O)N1CCCN(C)CC1.Cl. The van der Waals surface area contributed by atoms with Gasteiger partial charge in [-0.25, -0.2) is 0 Å². The average Bonchev–Trinajstić information content (AvgIpc) is 2.42. The Bertz CT molecular complexity index is 213. The van der Waals surface area contributed by atoms with Gasteiger partial charge in [0, 0.05) is 19.6 Å². The van der Waals surface area contributed by atoms with E-state index in [9.17, 15) is 4.79 Å².